The third-order valence-corrected chi connectivity index (χ3v) is 6.16. The molecule has 3 aromatic carbocycles. The number of hydrogen-bond acceptors (Lipinski definition) is 4. The number of hydrogen-bond donors (Lipinski definition) is 1. The number of benzene rings is 3. The van der Waals surface area contributed by atoms with Crippen molar-refractivity contribution in [3.05, 3.63) is 89.0 Å². The number of anilines is 2. The molecule has 0 atom stereocenters. The van der Waals surface area contributed by atoms with Crippen LogP contribution in [0.15, 0.2) is 66.7 Å². The molecule has 170 valence electrons. The first-order valence-electron chi connectivity index (χ1n) is 11.1. The first-order valence-corrected chi connectivity index (χ1v) is 11.1. The van der Waals surface area contributed by atoms with Gasteiger partial charge in [-0.3, -0.25) is 9.59 Å². The Labute approximate surface area is 194 Å². The Balaban J connectivity index is 1.32. The lowest BCUT2D eigenvalue weighted by Gasteiger charge is -2.36. The number of aryl methyl sites for hydroxylation is 2. The second-order valence-corrected chi connectivity index (χ2v) is 8.31. The van der Waals surface area contributed by atoms with Gasteiger partial charge in [0.2, 0.25) is 0 Å². The van der Waals surface area contributed by atoms with Crippen LogP contribution in [0, 0.1) is 13.8 Å². The Morgan fingerprint density at radius 1 is 0.788 bits per heavy atom. The Kier molecular flexibility index (Phi) is 6.63. The largest absolute Gasteiger partial charge is 0.497 e. The third-order valence-electron chi connectivity index (χ3n) is 6.16. The van der Waals surface area contributed by atoms with Crippen LogP contribution in [0.3, 0.4) is 0 Å². The number of nitrogens with one attached hydrogen (secondary N) is 1. The summed E-state index contributed by atoms with van der Waals surface area (Å²) in [5.74, 6) is 0.670. The van der Waals surface area contributed by atoms with Crippen LogP contribution in [0.1, 0.15) is 31.8 Å². The number of piperazine rings is 1. The summed E-state index contributed by atoms with van der Waals surface area (Å²) in [7, 11) is 1.61. The van der Waals surface area contributed by atoms with E-state index in [4.69, 9.17) is 4.74 Å². The quantitative estimate of drug-likeness (QED) is 0.630. The van der Waals surface area contributed by atoms with Crippen LogP contribution in [-0.2, 0) is 0 Å². The standard InChI is InChI=1S/C27H29N3O3/c1-19-4-5-22(18-20(19)2)26(31)28-23-8-10-24(11-9-23)29-14-16-30(17-15-29)27(32)21-6-12-25(33-3)13-7-21/h4-13,18H,14-17H2,1-3H3,(H,28,31). The topological polar surface area (TPSA) is 61.9 Å². The Morgan fingerprint density at radius 2 is 1.42 bits per heavy atom. The van der Waals surface area contributed by atoms with E-state index in [1.165, 1.54) is 5.56 Å². The summed E-state index contributed by atoms with van der Waals surface area (Å²) in [5, 5.41) is 2.96. The average Bonchev–Trinajstić information content (AvgIpc) is 2.86. The van der Waals surface area contributed by atoms with Crippen LogP contribution in [0.25, 0.3) is 0 Å². The van der Waals surface area contributed by atoms with E-state index < -0.39 is 0 Å². The van der Waals surface area contributed by atoms with Gasteiger partial charge in [-0.05, 0) is 85.6 Å². The van der Waals surface area contributed by atoms with Crippen LogP contribution in [-0.4, -0.2) is 50.0 Å². The summed E-state index contributed by atoms with van der Waals surface area (Å²) in [5.41, 5.74) is 5.43. The maximum absolute atomic E-state index is 12.8. The van der Waals surface area contributed by atoms with Gasteiger partial charge in [0, 0.05) is 48.7 Å². The van der Waals surface area contributed by atoms with Crippen molar-refractivity contribution >= 4 is 23.2 Å². The summed E-state index contributed by atoms with van der Waals surface area (Å²) in [6, 6.07) is 20.8. The van der Waals surface area contributed by atoms with E-state index >= 15 is 0 Å². The van der Waals surface area contributed by atoms with Crippen LogP contribution in [0.4, 0.5) is 11.4 Å². The number of carbonyl (C=O) groups is 2. The zero-order valence-corrected chi connectivity index (χ0v) is 19.3. The summed E-state index contributed by atoms with van der Waals surface area (Å²) in [6.45, 7) is 6.88. The van der Waals surface area contributed by atoms with Gasteiger partial charge in [0.05, 0.1) is 7.11 Å². The fourth-order valence-corrected chi connectivity index (χ4v) is 3.93. The monoisotopic (exact) mass is 443 g/mol. The molecule has 1 heterocycles. The number of nitrogens with zero attached hydrogens (tertiary/aromatic N) is 2. The molecule has 1 N–H and O–H groups in total. The van der Waals surface area contributed by atoms with Gasteiger partial charge in [-0.2, -0.15) is 0 Å². The van der Waals surface area contributed by atoms with E-state index in [0.717, 1.165) is 35.8 Å². The fraction of sp³-hybridized carbons (Fsp3) is 0.259. The van der Waals surface area contributed by atoms with Crippen molar-refractivity contribution in [1.82, 2.24) is 4.90 Å². The number of methoxy groups -OCH3 is 1. The van der Waals surface area contributed by atoms with Crippen molar-refractivity contribution in [2.45, 2.75) is 13.8 Å². The zero-order valence-electron chi connectivity index (χ0n) is 19.3. The van der Waals surface area contributed by atoms with Gasteiger partial charge in [-0.25, -0.2) is 0 Å². The highest BCUT2D eigenvalue weighted by Crippen LogP contribution is 2.21. The van der Waals surface area contributed by atoms with Crippen molar-refractivity contribution in [2.24, 2.45) is 0 Å². The summed E-state index contributed by atoms with van der Waals surface area (Å²) < 4.78 is 5.16. The van der Waals surface area contributed by atoms with E-state index in [1.54, 1.807) is 19.2 Å². The summed E-state index contributed by atoms with van der Waals surface area (Å²) in [6.07, 6.45) is 0. The first kappa shape index (κ1) is 22.4. The van der Waals surface area contributed by atoms with Gasteiger partial charge in [0.15, 0.2) is 0 Å². The summed E-state index contributed by atoms with van der Waals surface area (Å²) >= 11 is 0. The number of ether oxygens (including phenoxy) is 1. The second-order valence-electron chi connectivity index (χ2n) is 8.31. The first-order chi connectivity index (χ1) is 15.9. The van der Waals surface area contributed by atoms with Crippen molar-refractivity contribution < 1.29 is 14.3 Å². The highest BCUT2D eigenvalue weighted by molar-refractivity contribution is 6.04. The van der Waals surface area contributed by atoms with Gasteiger partial charge in [0.1, 0.15) is 5.75 Å². The molecule has 6 nitrogen and oxygen atoms in total. The minimum Gasteiger partial charge on any atom is -0.497 e. The molecule has 4 rings (SSSR count). The third kappa shape index (κ3) is 5.17. The predicted octanol–water partition coefficient (Wildman–Crippen LogP) is 4.53. The molecule has 1 aliphatic rings. The van der Waals surface area contributed by atoms with Crippen molar-refractivity contribution in [3.63, 3.8) is 0 Å². The van der Waals surface area contributed by atoms with Crippen LogP contribution in [0.2, 0.25) is 0 Å². The molecular weight excluding hydrogens is 414 g/mol. The van der Waals surface area contributed by atoms with E-state index in [0.29, 0.717) is 24.2 Å². The van der Waals surface area contributed by atoms with Crippen molar-refractivity contribution in [2.75, 3.05) is 43.5 Å². The van der Waals surface area contributed by atoms with E-state index in [1.807, 2.05) is 73.3 Å². The maximum atomic E-state index is 12.8. The molecule has 1 fully saturated rings. The molecule has 0 aromatic heterocycles. The lowest BCUT2D eigenvalue weighted by atomic mass is 10.1. The predicted molar refractivity (Wildman–Crippen MR) is 131 cm³/mol. The van der Waals surface area contributed by atoms with Gasteiger partial charge in [0.25, 0.3) is 11.8 Å². The summed E-state index contributed by atoms with van der Waals surface area (Å²) in [4.78, 5) is 29.5. The number of amides is 2. The molecule has 6 heteroatoms. The second kappa shape index (κ2) is 9.77. The molecule has 2 amide bonds. The van der Waals surface area contributed by atoms with E-state index in [2.05, 4.69) is 10.2 Å². The molecule has 0 bridgehead atoms. The molecule has 1 aliphatic heterocycles. The molecular formula is C27H29N3O3. The van der Waals surface area contributed by atoms with Gasteiger partial charge in [-0.15, -0.1) is 0 Å². The lowest BCUT2D eigenvalue weighted by Crippen LogP contribution is -2.48. The molecule has 33 heavy (non-hydrogen) atoms. The Hall–Kier alpha value is -3.80. The molecule has 0 aliphatic carbocycles. The highest BCUT2D eigenvalue weighted by Gasteiger charge is 2.22. The molecule has 3 aromatic rings. The molecule has 0 spiro atoms. The maximum Gasteiger partial charge on any atom is 0.255 e. The molecule has 1 saturated heterocycles. The van der Waals surface area contributed by atoms with Gasteiger partial charge in [-0.1, -0.05) is 6.07 Å². The van der Waals surface area contributed by atoms with Gasteiger partial charge < -0.3 is 19.9 Å². The van der Waals surface area contributed by atoms with Crippen LogP contribution >= 0.6 is 0 Å². The normalized spacial score (nSPS) is 13.5. The van der Waals surface area contributed by atoms with Crippen LogP contribution < -0.4 is 15.0 Å². The lowest BCUT2D eigenvalue weighted by molar-refractivity contribution is 0.0746. The smallest absolute Gasteiger partial charge is 0.255 e. The average molecular weight is 444 g/mol. The number of carbonyl (C=O) groups excluding carboxylic acids is 2. The Morgan fingerprint density at radius 3 is 2.03 bits per heavy atom. The Bertz CT molecular complexity index is 1130. The minimum absolute atomic E-state index is 0.0432. The van der Waals surface area contributed by atoms with Gasteiger partial charge >= 0.3 is 0 Å². The highest BCUT2D eigenvalue weighted by atomic mass is 16.5. The molecule has 0 saturated carbocycles. The van der Waals surface area contributed by atoms with Crippen molar-refractivity contribution in [1.29, 1.82) is 0 Å². The van der Waals surface area contributed by atoms with E-state index in [-0.39, 0.29) is 11.8 Å². The molecule has 0 unspecified atom stereocenters. The number of rotatable bonds is 5. The van der Waals surface area contributed by atoms with Crippen LogP contribution in [0.5, 0.6) is 5.75 Å². The minimum atomic E-state index is -0.114. The molecule has 0 radical (unpaired) electrons. The SMILES string of the molecule is COc1ccc(C(=O)N2CCN(c3ccc(NC(=O)c4ccc(C)c(C)c4)cc3)CC2)cc1. The van der Waals surface area contributed by atoms with Crippen molar-refractivity contribution in [3.8, 4) is 5.75 Å². The fourth-order valence-electron chi connectivity index (χ4n) is 3.93. The van der Waals surface area contributed by atoms with E-state index in [9.17, 15) is 9.59 Å². The zero-order chi connectivity index (χ0) is 23.4.